The van der Waals surface area contributed by atoms with Gasteiger partial charge in [-0.05, 0) is 88.9 Å². The molecule has 0 aliphatic heterocycles. The van der Waals surface area contributed by atoms with Crippen molar-refractivity contribution in [3.05, 3.63) is 102 Å². The van der Waals surface area contributed by atoms with Crippen LogP contribution in [0.5, 0.6) is 0 Å². The Kier molecular flexibility index (Phi) is 4.82. The lowest BCUT2D eigenvalue weighted by atomic mass is 9.55. The smallest absolute Gasteiger partial charge is 0.253 e. The zero-order chi connectivity index (χ0) is 25.4. The number of hydrogen-bond acceptors (Lipinski definition) is 1. The third-order valence-corrected chi connectivity index (χ3v) is 8.81. The Morgan fingerprint density at radius 1 is 0.750 bits per heavy atom. The molecule has 36 heavy (non-hydrogen) atoms. The van der Waals surface area contributed by atoms with Crippen LogP contribution in [0.3, 0.4) is 0 Å². The van der Waals surface area contributed by atoms with Crippen LogP contribution in [0.1, 0.15) is 50.1 Å². The second kappa shape index (κ2) is 7.64. The molecule has 2 aromatic heterocycles. The van der Waals surface area contributed by atoms with Gasteiger partial charge in [0.05, 0.1) is 18.1 Å². The maximum atomic E-state index is 4.89. The minimum absolute atomic E-state index is 0.0305. The SMILES string of the molecule is Cc1ccc2cc3c(cc2n1)-c1cc(-c2n(-c4ccccc4)cc[n+]2C)c(C)cc1C(C)(C)C3(C)C. The molecule has 5 aromatic rings. The van der Waals surface area contributed by atoms with Crippen molar-refractivity contribution in [1.29, 1.82) is 0 Å². The molecule has 0 saturated carbocycles. The summed E-state index contributed by atoms with van der Waals surface area (Å²) in [5, 5.41) is 1.21. The molecule has 0 saturated heterocycles. The highest BCUT2D eigenvalue weighted by atomic mass is 15.1. The van der Waals surface area contributed by atoms with Crippen LogP contribution in [0, 0.1) is 13.8 Å². The molecule has 0 amide bonds. The predicted molar refractivity (Wildman–Crippen MR) is 149 cm³/mol. The first-order valence-corrected chi connectivity index (χ1v) is 12.8. The van der Waals surface area contributed by atoms with Crippen LogP contribution >= 0.6 is 0 Å². The van der Waals surface area contributed by atoms with Gasteiger partial charge in [-0.15, -0.1) is 0 Å². The minimum Gasteiger partial charge on any atom is -0.253 e. The fourth-order valence-electron chi connectivity index (χ4n) is 5.97. The number of fused-ring (bicyclic) bond motifs is 4. The molecule has 1 aliphatic carbocycles. The van der Waals surface area contributed by atoms with E-state index in [2.05, 4.69) is 137 Å². The summed E-state index contributed by atoms with van der Waals surface area (Å²) < 4.78 is 4.52. The number of imidazole rings is 1. The van der Waals surface area contributed by atoms with E-state index in [9.17, 15) is 0 Å². The molecule has 0 N–H and O–H groups in total. The number of hydrogen-bond donors (Lipinski definition) is 0. The van der Waals surface area contributed by atoms with E-state index >= 15 is 0 Å². The predicted octanol–water partition coefficient (Wildman–Crippen LogP) is 7.37. The summed E-state index contributed by atoms with van der Waals surface area (Å²) in [6.07, 6.45) is 4.30. The van der Waals surface area contributed by atoms with Gasteiger partial charge in [-0.1, -0.05) is 58.0 Å². The lowest BCUT2D eigenvalue weighted by molar-refractivity contribution is -0.659. The summed E-state index contributed by atoms with van der Waals surface area (Å²) in [5.41, 5.74) is 11.2. The number of aryl methyl sites for hydroxylation is 3. The van der Waals surface area contributed by atoms with Crippen molar-refractivity contribution in [2.75, 3.05) is 0 Å². The Labute approximate surface area is 214 Å². The van der Waals surface area contributed by atoms with Crippen molar-refractivity contribution >= 4 is 10.9 Å². The molecule has 0 atom stereocenters. The summed E-state index contributed by atoms with van der Waals surface area (Å²) in [6.45, 7) is 13.9. The molecule has 3 heteroatoms. The van der Waals surface area contributed by atoms with E-state index in [1.54, 1.807) is 0 Å². The lowest BCUT2D eigenvalue weighted by Crippen LogP contribution is -2.43. The van der Waals surface area contributed by atoms with Crippen molar-refractivity contribution in [3.8, 4) is 28.2 Å². The van der Waals surface area contributed by atoms with Gasteiger partial charge in [0.1, 0.15) is 18.1 Å². The molecular formula is C33H34N3+. The van der Waals surface area contributed by atoms with Gasteiger partial charge < -0.3 is 0 Å². The molecule has 180 valence electrons. The molecule has 0 radical (unpaired) electrons. The van der Waals surface area contributed by atoms with Crippen molar-refractivity contribution in [3.63, 3.8) is 0 Å². The molecule has 3 nitrogen and oxygen atoms in total. The minimum atomic E-state index is -0.0337. The quantitative estimate of drug-likeness (QED) is 0.246. The van der Waals surface area contributed by atoms with Crippen LogP contribution in [-0.2, 0) is 17.9 Å². The molecule has 0 unspecified atom stereocenters. The standard InChI is InChI=1S/C33H34N3/c1-21-17-28-26(19-25(21)31-35(7)15-16-36(31)24-11-9-8-10-12-24)27-20-30-23(14-13-22(2)34-30)18-29(27)33(5,6)32(28,3)4/h8-20H,1-7H3/q+1. The highest BCUT2D eigenvalue weighted by Gasteiger charge is 2.46. The van der Waals surface area contributed by atoms with Crippen LogP contribution in [0.25, 0.3) is 39.1 Å². The van der Waals surface area contributed by atoms with E-state index < -0.39 is 0 Å². The topological polar surface area (TPSA) is 21.7 Å². The fourth-order valence-corrected chi connectivity index (χ4v) is 5.97. The number of aromatic nitrogens is 3. The first kappa shape index (κ1) is 22.7. The first-order chi connectivity index (χ1) is 17.1. The van der Waals surface area contributed by atoms with Gasteiger partial charge in [0.25, 0.3) is 5.82 Å². The van der Waals surface area contributed by atoms with Crippen molar-refractivity contribution in [2.24, 2.45) is 7.05 Å². The van der Waals surface area contributed by atoms with E-state index in [1.165, 1.54) is 44.6 Å². The highest BCUT2D eigenvalue weighted by molar-refractivity contribution is 5.91. The third kappa shape index (κ3) is 3.12. The van der Waals surface area contributed by atoms with Crippen LogP contribution in [0.15, 0.2) is 79.1 Å². The van der Waals surface area contributed by atoms with E-state index in [1.807, 2.05) is 0 Å². The summed E-state index contributed by atoms with van der Waals surface area (Å²) in [5.74, 6) is 1.18. The van der Waals surface area contributed by atoms with Gasteiger partial charge in [-0.3, -0.25) is 4.98 Å². The Bertz CT molecular complexity index is 1650. The largest absolute Gasteiger partial charge is 0.294 e. The second-order valence-corrected chi connectivity index (χ2v) is 11.4. The number of benzene rings is 3. The number of pyridine rings is 1. The molecule has 0 fully saturated rings. The van der Waals surface area contributed by atoms with E-state index in [4.69, 9.17) is 4.98 Å². The Balaban J connectivity index is 1.67. The lowest BCUT2D eigenvalue weighted by Gasteiger charge is -2.48. The van der Waals surface area contributed by atoms with Crippen LogP contribution < -0.4 is 4.57 Å². The van der Waals surface area contributed by atoms with Gasteiger partial charge in [-0.25, -0.2) is 4.57 Å². The molecule has 0 bridgehead atoms. The van der Waals surface area contributed by atoms with Crippen molar-refractivity contribution < 1.29 is 4.57 Å². The number of rotatable bonds is 2. The average molecular weight is 473 g/mol. The van der Waals surface area contributed by atoms with Crippen LogP contribution in [0.2, 0.25) is 0 Å². The van der Waals surface area contributed by atoms with Gasteiger partial charge in [0, 0.05) is 11.1 Å². The molecule has 0 spiro atoms. The first-order valence-electron chi connectivity index (χ1n) is 12.8. The van der Waals surface area contributed by atoms with Gasteiger partial charge in [0.15, 0.2) is 0 Å². The molecule has 2 heterocycles. The number of para-hydroxylation sites is 1. The van der Waals surface area contributed by atoms with E-state index in [0.717, 1.165) is 16.9 Å². The van der Waals surface area contributed by atoms with Gasteiger partial charge in [-0.2, -0.15) is 4.57 Å². The molecular weight excluding hydrogens is 438 g/mol. The maximum absolute atomic E-state index is 4.89. The summed E-state index contributed by atoms with van der Waals surface area (Å²) in [4.78, 5) is 4.89. The normalized spacial score (nSPS) is 15.5. The van der Waals surface area contributed by atoms with Crippen molar-refractivity contribution in [2.45, 2.75) is 52.4 Å². The van der Waals surface area contributed by atoms with E-state index in [0.29, 0.717) is 0 Å². The summed E-state index contributed by atoms with van der Waals surface area (Å²) in [6, 6.07) is 24.5. The number of nitrogens with zero attached hydrogens (tertiary/aromatic N) is 3. The van der Waals surface area contributed by atoms with Crippen LogP contribution in [-0.4, -0.2) is 9.55 Å². The Morgan fingerprint density at radius 2 is 1.42 bits per heavy atom. The fraction of sp³-hybridized carbons (Fsp3) is 0.273. The maximum Gasteiger partial charge on any atom is 0.294 e. The summed E-state index contributed by atoms with van der Waals surface area (Å²) >= 11 is 0. The zero-order valence-electron chi connectivity index (χ0n) is 22.3. The highest BCUT2D eigenvalue weighted by Crippen LogP contribution is 2.55. The van der Waals surface area contributed by atoms with Gasteiger partial charge in [0.2, 0.25) is 0 Å². The summed E-state index contributed by atoms with van der Waals surface area (Å²) in [7, 11) is 2.13. The third-order valence-electron chi connectivity index (χ3n) is 8.81. The second-order valence-electron chi connectivity index (χ2n) is 11.4. The van der Waals surface area contributed by atoms with Crippen LogP contribution in [0.4, 0.5) is 0 Å². The molecule has 1 aliphatic rings. The monoisotopic (exact) mass is 472 g/mol. The average Bonchev–Trinajstić information content (AvgIpc) is 3.23. The Morgan fingerprint density at radius 3 is 2.14 bits per heavy atom. The Hall–Kier alpha value is -3.72. The van der Waals surface area contributed by atoms with Gasteiger partial charge >= 0.3 is 0 Å². The molecule has 6 rings (SSSR count). The molecule has 3 aromatic carbocycles. The van der Waals surface area contributed by atoms with E-state index in [-0.39, 0.29) is 10.8 Å². The van der Waals surface area contributed by atoms with Crippen molar-refractivity contribution in [1.82, 2.24) is 9.55 Å². The zero-order valence-corrected chi connectivity index (χ0v) is 22.3.